The molecule has 0 saturated heterocycles. The Labute approximate surface area is 209 Å². The van der Waals surface area contributed by atoms with Crippen LogP contribution in [0.3, 0.4) is 0 Å². The van der Waals surface area contributed by atoms with Crippen LogP contribution in [-0.2, 0) is 4.79 Å². The van der Waals surface area contributed by atoms with Crippen molar-refractivity contribution in [1.82, 2.24) is 10.3 Å². The summed E-state index contributed by atoms with van der Waals surface area (Å²) in [6.45, 7) is 0.107. The maximum atomic E-state index is 13.9. The number of ether oxygens (including phenoxy) is 2. The minimum absolute atomic E-state index is 0.0783. The van der Waals surface area contributed by atoms with Gasteiger partial charge in [0.05, 0.1) is 0 Å². The van der Waals surface area contributed by atoms with Gasteiger partial charge in [-0.25, -0.2) is 0 Å². The standard InChI is InChI=1S/C27H26ClN3O4/c28-19-11-9-18(10-12-19)25(26(32)30-20-6-2-1-3-7-20)31(27(33)22-8-4-5-15-29-22)21-13-14-23-24(16-21)35-17-34-23/h4-5,8-16,20,25H,1-3,6-7,17H2,(H,30,32). The Balaban J connectivity index is 1.60. The molecule has 2 heterocycles. The fourth-order valence-corrected chi connectivity index (χ4v) is 4.75. The molecule has 1 N–H and O–H groups in total. The summed E-state index contributed by atoms with van der Waals surface area (Å²) in [5.74, 6) is 0.460. The molecule has 2 aliphatic rings. The summed E-state index contributed by atoms with van der Waals surface area (Å²) in [5.41, 5.74) is 1.38. The Bertz CT molecular complexity index is 1200. The van der Waals surface area contributed by atoms with Crippen LogP contribution in [0.2, 0.25) is 5.02 Å². The van der Waals surface area contributed by atoms with E-state index in [1.54, 1.807) is 66.9 Å². The average molecular weight is 492 g/mol. The van der Waals surface area contributed by atoms with E-state index in [4.69, 9.17) is 21.1 Å². The maximum Gasteiger partial charge on any atom is 0.277 e. The van der Waals surface area contributed by atoms with Crippen LogP contribution < -0.4 is 19.7 Å². The van der Waals surface area contributed by atoms with Gasteiger partial charge in [-0.05, 0) is 54.8 Å². The van der Waals surface area contributed by atoms with Crippen molar-refractivity contribution in [2.45, 2.75) is 44.2 Å². The molecule has 1 atom stereocenters. The lowest BCUT2D eigenvalue weighted by Gasteiger charge is -2.33. The van der Waals surface area contributed by atoms with Crippen LogP contribution in [0.5, 0.6) is 11.5 Å². The summed E-state index contributed by atoms with van der Waals surface area (Å²) >= 11 is 6.15. The first-order valence-corrected chi connectivity index (χ1v) is 12.2. The third-order valence-corrected chi connectivity index (χ3v) is 6.63. The Hall–Kier alpha value is -3.58. The van der Waals surface area contributed by atoms with Gasteiger partial charge in [-0.1, -0.05) is 49.1 Å². The van der Waals surface area contributed by atoms with E-state index in [2.05, 4.69) is 10.3 Å². The number of amides is 2. The second-order valence-corrected chi connectivity index (χ2v) is 9.16. The second kappa shape index (κ2) is 10.4. The van der Waals surface area contributed by atoms with Crippen molar-refractivity contribution in [3.05, 3.63) is 83.1 Å². The van der Waals surface area contributed by atoms with E-state index in [-0.39, 0.29) is 24.4 Å². The first-order chi connectivity index (χ1) is 17.1. The number of pyridine rings is 1. The third-order valence-electron chi connectivity index (χ3n) is 6.38. The molecule has 1 fully saturated rings. The van der Waals surface area contributed by atoms with Crippen molar-refractivity contribution in [2.75, 3.05) is 11.7 Å². The number of aromatic nitrogens is 1. The monoisotopic (exact) mass is 491 g/mol. The molecule has 0 spiro atoms. The normalized spacial score (nSPS) is 15.9. The molecule has 1 saturated carbocycles. The molecule has 0 bridgehead atoms. The smallest absolute Gasteiger partial charge is 0.277 e. The number of carbonyl (C=O) groups excluding carboxylic acids is 2. The number of nitrogens with one attached hydrogen (secondary N) is 1. The van der Waals surface area contributed by atoms with Gasteiger partial charge in [0.25, 0.3) is 5.91 Å². The Kier molecular flexibility index (Phi) is 6.86. The molecule has 2 aromatic carbocycles. The van der Waals surface area contributed by atoms with Gasteiger partial charge in [-0.15, -0.1) is 0 Å². The van der Waals surface area contributed by atoms with E-state index in [1.165, 1.54) is 11.3 Å². The summed E-state index contributed by atoms with van der Waals surface area (Å²) in [6.07, 6.45) is 6.75. The molecule has 2 amide bonds. The Morgan fingerprint density at radius 2 is 1.74 bits per heavy atom. The fraction of sp³-hybridized carbons (Fsp3) is 0.296. The third kappa shape index (κ3) is 5.10. The molecule has 35 heavy (non-hydrogen) atoms. The summed E-state index contributed by atoms with van der Waals surface area (Å²) in [7, 11) is 0. The molecule has 0 radical (unpaired) electrons. The number of rotatable bonds is 6. The predicted octanol–water partition coefficient (Wildman–Crippen LogP) is 5.30. The van der Waals surface area contributed by atoms with E-state index in [9.17, 15) is 9.59 Å². The summed E-state index contributed by atoms with van der Waals surface area (Å²) in [6, 6.07) is 16.5. The zero-order valence-electron chi connectivity index (χ0n) is 19.2. The van der Waals surface area contributed by atoms with Crippen LogP contribution >= 0.6 is 11.6 Å². The van der Waals surface area contributed by atoms with E-state index in [0.29, 0.717) is 27.8 Å². The van der Waals surface area contributed by atoms with Crippen LogP contribution in [0.4, 0.5) is 5.69 Å². The van der Waals surface area contributed by atoms with Gasteiger partial charge in [0.2, 0.25) is 12.7 Å². The SMILES string of the molecule is O=C(NC1CCCCC1)C(c1ccc(Cl)cc1)N(C(=O)c1ccccn1)c1ccc2c(c1)OCO2. The minimum Gasteiger partial charge on any atom is -0.454 e. The number of halogens is 1. The molecule has 7 nitrogen and oxygen atoms in total. The topological polar surface area (TPSA) is 80.8 Å². The molecule has 180 valence electrons. The van der Waals surface area contributed by atoms with Gasteiger partial charge in [0, 0.05) is 29.0 Å². The van der Waals surface area contributed by atoms with Gasteiger partial charge < -0.3 is 14.8 Å². The molecule has 1 unspecified atom stereocenters. The van der Waals surface area contributed by atoms with Gasteiger partial charge in [-0.3, -0.25) is 19.5 Å². The maximum absolute atomic E-state index is 13.9. The van der Waals surface area contributed by atoms with Gasteiger partial charge in [0.15, 0.2) is 11.5 Å². The van der Waals surface area contributed by atoms with Crippen molar-refractivity contribution in [1.29, 1.82) is 0 Å². The molecular weight excluding hydrogens is 466 g/mol. The fourth-order valence-electron chi connectivity index (χ4n) is 4.62. The van der Waals surface area contributed by atoms with E-state index >= 15 is 0 Å². The predicted molar refractivity (Wildman–Crippen MR) is 133 cm³/mol. The summed E-state index contributed by atoms with van der Waals surface area (Å²) in [5, 5.41) is 3.75. The van der Waals surface area contributed by atoms with Crippen LogP contribution in [0.15, 0.2) is 66.9 Å². The van der Waals surface area contributed by atoms with Crippen molar-refractivity contribution in [2.24, 2.45) is 0 Å². The lowest BCUT2D eigenvalue weighted by molar-refractivity contribution is -0.123. The Morgan fingerprint density at radius 3 is 2.49 bits per heavy atom. The summed E-state index contributed by atoms with van der Waals surface area (Å²) in [4.78, 5) is 33.5. The highest BCUT2D eigenvalue weighted by molar-refractivity contribution is 6.30. The lowest BCUT2D eigenvalue weighted by Crippen LogP contribution is -2.47. The second-order valence-electron chi connectivity index (χ2n) is 8.73. The number of anilines is 1. The van der Waals surface area contributed by atoms with Gasteiger partial charge in [0.1, 0.15) is 11.7 Å². The number of benzene rings is 2. The molecule has 1 aliphatic carbocycles. The number of hydrogen-bond acceptors (Lipinski definition) is 5. The first kappa shape index (κ1) is 23.2. The minimum atomic E-state index is -0.941. The zero-order valence-corrected chi connectivity index (χ0v) is 19.9. The van der Waals surface area contributed by atoms with E-state index < -0.39 is 11.9 Å². The lowest BCUT2D eigenvalue weighted by atomic mass is 9.94. The number of carbonyl (C=O) groups is 2. The van der Waals surface area contributed by atoms with Gasteiger partial charge in [-0.2, -0.15) is 0 Å². The first-order valence-electron chi connectivity index (χ1n) is 11.8. The molecule has 3 aromatic rings. The number of fused-ring (bicyclic) bond motifs is 1. The van der Waals surface area contributed by atoms with Crippen molar-refractivity contribution < 1.29 is 19.1 Å². The number of nitrogens with zero attached hydrogens (tertiary/aromatic N) is 2. The molecule has 1 aromatic heterocycles. The van der Waals surface area contributed by atoms with Crippen LogP contribution in [-0.4, -0.2) is 29.6 Å². The van der Waals surface area contributed by atoms with E-state index in [0.717, 1.165) is 25.7 Å². The van der Waals surface area contributed by atoms with Crippen molar-refractivity contribution in [3.8, 4) is 11.5 Å². The average Bonchev–Trinajstić information content (AvgIpc) is 3.37. The molecule has 8 heteroatoms. The molecular formula is C27H26ClN3O4. The van der Waals surface area contributed by atoms with Crippen LogP contribution in [0.25, 0.3) is 0 Å². The Morgan fingerprint density at radius 1 is 0.971 bits per heavy atom. The molecule has 1 aliphatic heterocycles. The quantitative estimate of drug-likeness (QED) is 0.506. The van der Waals surface area contributed by atoms with Crippen LogP contribution in [0.1, 0.15) is 54.2 Å². The van der Waals surface area contributed by atoms with Crippen LogP contribution in [0, 0.1) is 0 Å². The van der Waals surface area contributed by atoms with Crippen molar-refractivity contribution >= 4 is 29.1 Å². The zero-order chi connectivity index (χ0) is 24.2. The number of hydrogen-bond donors (Lipinski definition) is 1. The highest BCUT2D eigenvalue weighted by Gasteiger charge is 2.36. The highest BCUT2D eigenvalue weighted by Crippen LogP contribution is 2.39. The summed E-state index contributed by atoms with van der Waals surface area (Å²) < 4.78 is 11.0. The van der Waals surface area contributed by atoms with Crippen molar-refractivity contribution in [3.63, 3.8) is 0 Å². The highest BCUT2D eigenvalue weighted by atomic mass is 35.5. The van der Waals surface area contributed by atoms with E-state index in [1.807, 2.05) is 0 Å². The van der Waals surface area contributed by atoms with Gasteiger partial charge >= 0.3 is 0 Å². The molecule has 5 rings (SSSR count). The largest absolute Gasteiger partial charge is 0.454 e.